The number of amides is 1. The molecule has 1 aliphatic heterocycles. The first-order valence-corrected chi connectivity index (χ1v) is 9.23. The van der Waals surface area contributed by atoms with Crippen LogP contribution in [0.2, 0.25) is 0 Å². The molecule has 1 aromatic heterocycles. The largest absolute Gasteiger partial charge is 0.507 e. The van der Waals surface area contributed by atoms with Gasteiger partial charge in [-0.3, -0.25) is 14.6 Å². The lowest BCUT2D eigenvalue weighted by Gasteiger charge is -2.35. The van der Waals surface area contributed by atoms with Crippen LogP contribution in [0.3, 0.4) is 0 Å². The van der Waals surface area contributed by atoms with Crippen molar-refractivity contribution >= 4 is 12.2 Å². The molecule has 1 atom stereocenters. The number of ether oxygens (including phenoxy) is 3. The summed E-state index contributed by atoms with van der Waals surface area (Å²) in [6.45, 7) is 1.61. The third kappa shape index (κ3) is 4.87. The Morgan fingerprint density at radius 1 is 1.38 bits per heavy atom. The Hall–Kier alpha value is -3.04. The Kier molecular flexibility index (Phi) is 7.09. The fourth-order valence-corrected chi connectivity index (χ4v) is 3.09. The van der Waals surface area contributed by atoms with E-state index in [2.05, 4.69) is 9.97 Å². The molecule has 1 saturated heterocycles. The number of aromatic nitrogens is 2. The van der Waals surface area contributed by atoms with Crippen LogP contribution in [-0.4, -0.2) is 78.3 Å². The highest BCUT2D eigenvalue weighted by molar-refractivity contribution is 5.93. The maximum Gasteiger partial charge on any atom is 0.274 e. The maximum atomic E-state index is 13.2. The van der Waals surface area contributed by atoms with Crippen LogP contribution in [0, 0.1) is 0 Å². The molecular formula is C20H23N3O6. The van der Waals surface area contributed by atoms with E-state index in [0.29, 0.717) is 38.2 Å². The maximum absolute atomic E-state index is 13.2. The molecule has 1 N–H and O–H groups in total. The monoisotopic (exact) mass is 401 g/mol. The number of methoxy groups -OCH3 is 1. The summed E-state index contributed by atoms with van der Waals surface area (Å²) in [7, 11) is 1.59. The number of hydrogen-bond acceptors (Lipinski definition) is 8. The van der Waals surface area contributed by atoms with Gasteiger partial charge < -0.3 is 24.2 Å². The molecule has 1 fully saturated rings. The standard InChI is InChI=1S/C20H23N3O6/c1-27-9-5-16-19(22-7-6-21-16)20(26)23-8-10-28-12-14(23)13-29-18-4-2-3-17(25)15(18)11-24/h2-4,6-7,11,14,25H,5,8-10,12-13H2,1H3/t14-/m0/s1. The van der Waals surface area contributed by atoms with Gasteiger partial charge in [0.2, 0.25) is 0 Å². The highest BCUT2D eigenvalue weighted by atomic mass is 16.5. The van der Waals surface area contributed by atoms with Crippen LogP contribution in [0.25, 0.3) is 0 Å². The van der Waals surface area contributed by atoms with Crippen molar-refractivity contribution in [3.63, 3.8) is 0 Å². The van der Waals surface area contributed by atoms with Crippen molar-refractivity contribution in [1.29, 1.82) is 0 Å². The molecule has 2 aromatic rings. The Morgan fingerprint density at radius 3 is 3.00 bits per heavy atom. The summed E-state index contributed by atoms with van der Waals surface area (Å²) < 4.78 is 16.3. The van der Waals surface area contributed by atoms with Gasteiger partial charge in [-0.15, -0.1) is 0 Å². The highest BCUT2D eigenvalue weighted by Crippen LogP contribution is 2.26. The average Bonchev–Trinajstić information content (AvgIpc) is 2.76. The lowest BCUT2D eigenvalue weighted by molar-refractivity contribution is -0.0155. The molecule has 154 valence electrons. The van der Waals surface area contributed by atoms with Crippen LogP contribution in [0.15, 0.2) is 30.6 Å². The third-order valence-electron chi connectivity index (χ3n) is 4.60. The number of carbonyl (C=O) groups is 2. The topological polar surface area (TPSA) is 111 Å². The van der Waals surface area contributed by atoms with Crippen LogP contribution in [0.5, 0.6) is 11.5 Å². The molecule has 2 heterocycles. The van der Waals surface area contributed by atoms with Crippen molar-refractivity contribution in [2.45, 2.75) is 12.5 Å². The number of phenolic OH excluding ortho intramolecular Hbond substituents is 1. The Morgan fingerprint density at radius 2 is 2.21 bits per heavy atom. The van der Waals surface area contributed by atoms with Crippen LogP contribution in [0.1, 0.15) is 26.5 Å². The number of phenols is 1. The number of nitrogens with zero attached hydrogens (tertiary/aromatic N) is 3. The molecule has 0 saturated carbocycles. The number of aromatic hydroxyl groups is 1. The minimum atomic E-state index is -0.379. The lowest BCUT2D eigenvalue weighted by atomic mass is 10.1. The number of benzene rings is 1. The molecule has 1 aliphatic rings. The number of morpholine rings is 1. The van der Waals surface area contributed by atoms with Gasteiger partial charge >= 0.3 is 0 Å². The van der Waals surface area contributed by atoms with Crippen molar-refractivity contribution in [3.8, 4) is 11.5 Å². The van der Waals surface area contributed by atoms with Gasteiger partial charge in [-0.05, 0) is 12.1 Å². The fourth-order valence-electron chi connectivity index (χ4n) is 3.09. The molecule has 0 bridgehead atoms. The van der Waals surface area contributed by atoms with E-state index < -0.39 is 0 Å². The molecule has 1 amide bonds. The summed E-state index contributed by atoms with van der Waals surface area (Å²) in [5, 5.41) is 9.79. The van der Waals surface area contributed by atoms with Gasteiger partial charge in [0, 0.05) is 32.5 Å². The van der Waals surface area contributed by atoms with Gasteiger partial charge in [0.1, 0.15) is 23.8 Å². The summed E-state index contributed by atoms with van der Waals surface area (Å²) in [5.41, 5.74) is 0.919. The summed E-state index contributed by atoms with van der Waals surface area (Å²) in [4.78, 5) is 34.5. The molecular weight excluding hydrogens is 378 g/mol. The van der Waals surface area contributed by atoms with Crippen molar-refractivity contribution in [1.82, 2.24) is 14.9 Å². The first-order valence-electron chi connectivity index (χ1n) is 9.23. The molecule has 0 spiro atoms. The van der Waals surface area contributed by atoms with Gasteiger partial charge in [0.15, 0.2) is 6.29 Å². The molecule has 0 radical (unpaired) electrons. The summed E-state index contributed by atoms with van der Waals surface area (Å²) in [6.07, 6.45) is 4.04. The minimum Gasteiger partial charge on any atom is -0.507 e. The minimum absolute atomic E-state index is 0.0675. The summed E-state index contributed by atoms with van der Waals surface area (Å²) in [6, 6.07) is 4.20. The average molecular weight is 401 g/mol. The summed E-state index contributed by atoms with van der Waals surface area (Å²) >= 11 is 0. The van der Waals surface area contributed by atoms with Crippen LogP contribution in [-0.2, 0) is 15.9 Å². The lowest BCUT2D eigenvalue weighted by Crippen LogP contribution is -2.51. The van der Waals surface area contributed by atoms with Crippen LogP contribution >= 0.6 is 0 Å². The SMILES string of the molecule is COCCc1nccnc1C(=O)N1CCOC[C@H]1COc1cccc(O)c1C=O. The van der Waals surface area contributed by atoms with E-state index in [-0.39, 0.29) is 47.9 Å². The van der Waals surface area contributed by atoms with Gasteiger partial charge in [-0.25, -0.2) is 4.98 Å². The van der Waals surface area contributed by atoms with E-state index in [1.165, 1.54) is 12.3 Å². The summed E-state index contributed by atoms with van der Waals surface area (Å²) in [5.74, 6) is -0.168. The van der Waals surface area contributed by atoms with E-state index in [1.54, 1.807) is 30.3 Å². The highest BCUT2D eigenvalue weighted by Gasteiger charge is 2.31. The second-order valence-electron chi connectivity index (χ2n) is 6.44. The molecule has 9 nitrogen and oxygen atoms in total. The fraction of sp³-hybridized carbons (Fsp3) is 0.400. The van der Waals surface area contributed by atoms with Gasteiger partial charge in [-0.1, -0.05) is 6.07 Å². The third-order valence-corrected chi connectivity index (χ3v) is 4.60. The molecule has 3 rings (SSSR count). The Balaban J connectivity index is 1.76. The molecule has 1 aromatic carbocycles. The molecule has 9 heteroatoms. The zero-order valence-corrected chi connectivity index (χ0v) is 16.1. The van der Waals surface area contributed by atoms with E-state index in [0.717, 1.165) is 0 Å². The van der Waals surface area contributed by atoms with Crippen molar-refractivity contribution in [3.05, 3.63) is 47.5 Å². The van der Waals surface area contributed by atoms with Crippen LogP contribution in [0.4, 0.5) is 0 Å². The van der Waals surface area contributed by atoms with Crippen molar-refractivity contribution in [2.24, 2.45) is 0 Å². The molecule has 29 heavy (non-hydrogen) atoms. The number of carbonyl (C=O) groups excluding carboxylic acids is 2. The zero-order valence-electron chi connectivity index (χ0n) is 16.1. The van der Waals surface area contributed by atoms with E-state index in [9.17, 15) is 14.7 Å². The first kappa shape index (κ1) is 20.7. The number of rotatable bonds is 8. The smallest absolute Gasteiger partial charge is 0.274 e. The zero-order chi connectivity index (χ0) is 20.6. The predicted molar refractivity (Wildman–Crippen MR) is 102 cm³/mol. The van der Waals surface area contributed by atoms with Crippen molar-refractivity contribution in [2.75, 3.05) is 40.1 Å². The molecule has 0 unspecified atom stereocenters. The van der Waals surface area contributed by atoms with Gasteiger partial charge in [0.25, 0.3) is 5.91 Å². The first-order chi connectivity index (χ1) is 14.2. The number of hydrogen-bond donors (Lipinski definition) is 1. The van der Waals surface area contributed by atoms with Gasteiger partial charge in [0.05, 0.1) is 37.1 Å². The second kappa shape index (κ2) is 9.94. The van der Waals surface area contributed by atoms with E-state index in [1.807, 2.05) is 0 Å². The quantitative estimate of drug-likeness (QED) is 0.655. The second-order valence-corrected chi connectivity index (χ2v) is 6.44. The van der Waals surface area contributed by atoms with Crippen LogP contribution < -0.4 is 4.74 Å². The Labute approximate surface area is 168 Å². The predicted octanol–water partition coefficient (Wildman–Crippen LogP) is 1.10. The normalized spacial score (nSPS) is 16.4. The number of aldehydes is 1. The van der Waals surface area contributed by atoms with E-state index in [4.69, 9.17) is 14.2 Å². The van der Waals surface area contributed by atoms with Gasteiger partial charge in [-0.2, -0.15) is 0 Å². The Bertz CT molecular complexity index is 860. The molecule has 0 aliphatic carbocycles. The van der Waals surface area contributed by atoms with E-state index >= 15 is 0 Å². The van der Waals surface area contributed by atoms with Crippen molar-refractivity contribution < 1.29 is 28.9 Å².